The lowest BCUT2D eigenvalue weighted by Crippen LogP contribution is -2.32. The van der Waals surface area contributed by atoms with Crippen LogP contribution in [-0.2, 0) is 11.3 Å². The summed E-state index contributed by atoms with van der Waals surface area (Å²) in [6.45, 7) is 1.77. The number of nitrogens with one attached hydrogen (secondary N) is 1. The Morgan fingerprint density at radius 3 is 2.86 bits per heavy atom. The first-order chi connectivity index (χ1) is 10.1. The molecule has 0 bridgehead atoms. The van der Waals surface area contributed by atoms with Crippen molar-refractivity contribution in [2.45, 2.75) is 13.0 Å². The summed E-state index contributed by atoms with van der Waals surface area (Å²) in [4.78, 5) is 35.2. The highest BCUT2D eigenvalue weighted by Crippen LogP contribution is 2.16. The fourth-order valence-electron chi connectivity index (χ4n) is 1.77. The van der Waals surface area contributed by atoms with E-state index in [9.17, 15) is 14.4 Å². The maximum absolute atomic E-state index is 11.6. The second-order valence-electron chi connectivity index (χ2n) is 4.37. The van der Waals surface area contributed by atoms with Gasteiger partial charge in [0.1, 0.15) is 0 Å². The number of hydrogen-bond acceptors (Lipinski definition) is 6. The maximum atomic E-state index is 11.6. The van der Waals surface area contributed by atoms with E-state index in [1.54, 1.807) is 4.90 Å². The van der Waals surface area contributed by atoms with Crippen molar-refractivity contribution in [1.29, 1.82) is 0 Å². The SMILES string of the molecule is O=C(CCN1CCSC1=O)NCCn1cc(C(=O)O)nn1. The third-order valence-electron chi connectivity index (χ3n) is 2.87. The summed E-state index contributed by atoms with van der Waals surface area (Å²) >= 11 is 1.27. The van der Waals surface area contributed by atoms with E-state index in [-0.39, 0.29) is 23.3 Å². The predicted molar refractivity (Wildman–Crippen MR) is 74.0 cm³/mol. The Balaban J connectivity index is 1.64. The van der Waals surface area contributed by atoms with Crippen molar-refractivity contribution in [3.63, 3.8) is 0 Å². The zero-order valence-corrected chi connectivity index (χ0v) is 12.0. The van der Waals surface area contributed by atoms with E-state index < -0.39 is 5.97 Å². The van der Waals surface area contributed by atoms with Gasteiger partial charge in [-0.1, -0.05) is 17.0 Å². The summed E-state index contributed by atoms with van der Waals surface area (Å²) in [5, 5.41) is 18.5. The second kappa shape index (κ2) is 7.07. The molecule has 2 N–H and O–H groups in total. The molecule has 1 saturated heterocycles. The lowest BCUT2D eigenvalue weighted by atomic mass is 10.3. The van der Waals surface area contributed by atoms with Gasteiger partial charge in [-0.3, -0.25) is 9.59 Å². The molecule has 114 valence electrons. The smallest absolute Gasteiger partial charge is 0.358 e. The lowest BCUT2D eigenvalue weighted by Gasteiger charge is -2.13. The molecule has 2 rings (SSSR count). The van der Waals surface area contributed by atoms with Crippen molar-refractivity contribution in [3.05, 3.63) is 11.9 Å². The van der Waals surface area contributed by atoms with Crippen LogP contribution in [0, 0.1) is 0 Å². The Labute approximate surface area is 124 Å². The zero-order valence-electron chi connectivity index (χ0n) is 11.2. The molecule has 0 saturated carbocycles. The minimum absolute atomic E-state index is 0.0200. The summed E-state index contributed by atoms with van der Waals surface area (Å²) in [6.07, 6.45) is 1.55. The molecule has 0 spiro atoms. The van der Waals surface area contributed by atoms with Crippen LogP contribution in [0.15, 0.2) is 6.20 Å². The van der Waals surface area contributed by atoms with E-state index in [2.05, 4.69) is 15.6 Å². The molecule has 2 amide bonds. The number of aromatic nitrogens is 3. The molecule has 1 aromatic rings. The number of carboxylic acids is 1. The molecular formula is C11H15N5O4S. The van der Waals surface area contributed by atoms with Gasteiger partial charge in [0.15, 0.2) is 5.69 Å². The standard InChI is InChI=1S/C11H15N5O4S/c17-9(1-3-15-5-6-21-11(15)20)12-2-4-16-7-8(10(18)19)13-14-16/h7H,1-6H2,(H,12,17)(H,18,19). The third-order valence-corrected chi connectivity index (χ3v) is 3.77. The highest BCUT2D eigenvalue weighted by atomic mass is 32.2. The van der Waals surface area contributed by atoms with Gasteiger partial charge in [-0.05, 0) is 0 Å². The molecule has 1 aromatic heterocycles. The Bertz CT molecular complexity index is 546. The number of rotatable bonds is 7. The van der Waals surface area contributed by atoms with Gasteiger partial charge in [0, 0.05) is 31.8 Å². The van der Waals surface area contributed by atoms with Crippen LogP contribution in [0.5, 0.6) is 0 Å². The molecule has 0 atom stereocenters. The molecule has 0 radical (unpaired) electrons. The van der Waals surface area contributed by atoms with Crippen molar-refractivity contribution in [2.24, 2.45) is 0 Å². The van der Waals surface area contributed by atoms with Crippen LogP contribution in [0.2, 0.25) is 0 Å². The Kier molecular flexibility index (Phi) is 5.14. The Morgan fingerprint density at radius 1 is 1.43 bits per heavy atom. The van der Waals surface area contributed by atoms with Gasteiger partial charge in [0.05, 0.1) is 12.7 Å². The van der Waals surface area contributed by atoms with Crippen LogP contribution in [0.1, 0.15) is 16.9 Å². The highest BCUT2D eigenvalue weighted by Gasteiger charge is 2.21. The number of carbonyl (C=O) groups excluding carboxylic acids is 2. The molecule has 0 aliphatic carbocycles. The van der Waals surface area contributed by atoms with Crippen molar-refractivity contribution in [3.8, 4) is 0 Å². The van der Waals surface area contributed by atoms with Gasteiger partial charge in [0.25, 0.3) is 5.24 Å². The normalized spacial score (nSPS) is 14.5. The quantitative estimate of drug-likeness (QED) is 0.706. The molecule has 2 heterocycles. The number of aromatic carboxylic acids is 1. The number of thioether (sulfide) groups is 1. The Hall–Kier alpha value is -2.10. The molecule has 1 aliphatic heterocycles. The fourth-order valence-corrected chi connectivity index (χ4v) is 2.62. The van der Waals surface area contributed by atoms with Crippen LogP contribution >= 0.6 is 11.8 Å². The first-order valence-corrected chi connectivity index (χ1v) is 7.36. The van der Waals surface area contributed by atoms with E-state index >= 15 is 0 Å². The van der Waals surface area contributed by atoms with E-state index in [1.807, 2.05) is 0 Å². The predicted octanol–water partition coefficient (Wildman–Crippen LogP) is -0.349. The van der Waals surface area contributed by atoms with E-state index in [0.717, 1.165) is 5.75 Å². The molecule has 0 unspecified atom stereocenters. The van der Waals surface area contributed by atoms with Crippen molar-refractivity contribution < 1.29 is 19.5 Å². The number of carbonyl (C=O) groups is 3. The first-order valence-electron chi connectivity index (χ1n) is 6.38. The van der Waals surface area contributed by atoms with Crippen molar-refractivity contribution >= 4 is 28.9 Å². The van der Waals surface area contributed by atoms with Gasteiger partial charge in [-0.2, -0.15) is 0 Å². The van der Waals surface area contributed by atoms with E-state index in [1.165, 1.54) is 22.6 Å². The average Bonchev–Trinajstić information content (AvgIpc) is 3.06. The summed E-state index contributed by atoms with van der Waals surface area (Å²) in [7, 11) is 0. The monoisotopic (exact) mass is 313 g/mol. The van der Waals surface area contributed by atoms with Gasteiger partial charge in [-0.15, -0.1) is 5.10 Å². The fraction of sp³-hybridized carbons (Fsp3) is 0.545. The van der Waals surface area contributed by atoms with E-state index in [4.69, 9.17) is 5.11 Å². The second-order valence-corrected chi connectivity index (χ2v) is 5.42. The number of carboxylic acid groups (broad SMARTS) is 1. The van der Waals surface area contributed by atoms with Crippen LogP contribution in [0.3, 0.4) is 0 Å². The highest BCUT2D eigenvalue weighted by molar-refractivity contribution is 8.13. The van der Waals surface area contributed by atoms with Crippen LogP contribution in [-0.4, -0.2) is 67.5 Å². The van der Waals surface area contributed by atoms with Crippen LogP contribution in [0.4, 0.5) is 4.79 Å². The largest absolute Gasteiger partial charge is 0.476 e. The Morgan fingerprint density at radius 2 is 2.24 bits per heavy atom. The molecule has 9 nitrogen and oxygen atoms in total. The lowest BCUT2D eigenvalue weighted by molar-refractivity contribution is -0.121. The first kappa shape index (κ1) is 15.3. The molecular weight excluding hydrogens is 298 g/mol. The van der Waals surface area contributed by atoms with Gasteiger partial charge in [0.2, 0.25) is 5.91 Å². The van der Waals surface area contributed by atoms with Crippen molar-refractivity contribution in [2.75, 3.05) is 25.4 Å². The molecule has 0 aromatic carbocycles. The molecule has 10 heteroatoms. The zero-order chi connectivity index (χ0) is 15.2. The summed E-state index contributed by atoms with van der Waals surface area (Å²) in [5.74, 6) is -0.518. The average molecular weight is 313 g/mol. The topological polar surface area (TPSA) is 117 Å². The molecule has 1 aliphatic rings. The minimum Gasteiger partial charge on any atom is -0.476 e. The number of hydrogen-bond donors (Lipinski definition) is 2. The van der Waals surface area contributed by atoms with Crippen LogP contribution in [0.25, 0.3) is 0 Å². The van der Waals surface area contributed by atoms with Gasteiger partial charge >= 0.3 is 5.97 Å². The summed E-state index contributed by atoms with van der Waals surface area (Å²) in [5.41, 5.74) is -0.133. The van der Waals surface area contributed by atoms with Gasteiger partial charge < -0.3 is 15.3 Å². The third kappa shape index (κ3) is 4.45. The minimum atomic E-state index is -1.14. The molecule has 21 heavy (non-hydrogen) atoms. The number of nitrogens with zero attached hydrogens (tertiary/aromatic N) is 4. The maximum Gasteiger partial charge on any atom is 0.358 e. The van der Waals surface area contributed by atoms with E-state index in [0.29, 0.717) is 26.2 Å². The molecule has 1 fully saturated rings. The summed E-state index contributed by atoms with van der Waals surface area (Å²) < 4.78 is 1.35. The van der Waals surface area contributed by atoms with Crippen LogP contribution < -0.4 is 5.32 Å². The number of amides is 2. The van der Waals surface area contributed by atoms with Crippen molar-refractivity contribution in [1.82, 2.24) is 25.2 Å². The van der Waals surface area contributed by atoms with Gasteiger partial charge in [-0.25, -0.2) is 9.48 Å². The summed E-state index contributed by atoms with van der Waals surface area (Å²) in [6, 6.07) is 0.